The molecule has 2 aromatic carbocycles. The van der Waals surface area contributed by atoms with E-state index in [1.54, 1.807) is 14.0 Å². The molecule has 1 unspecified atom stereocenters. The smallest absolute Gasteiger partial charge is 0.216 e. The second-order valence-electron chi connectivity index (χ2n) is 5.47. The zero-order valence-electron chi connectivity index (χ0n) is 13.3. The molecule has 0 aliphatic rings. The Hall–Kier alpha value is -1.92. The van der Waals surface area contributed by atoms with Crippen molar-refractivity contribution in [1.29, 1.82) is 0 Å². The van der Waals surface area contributed by atoms with Gasteiger partial charge in [-0.15, -0.1) is 0 Å². The topological polar surface area (TPSA) is 55.4 Å². The molecule has 0 radical (unpaired) electrons. The Kier molecular flexibility index (Phi) is 5.38. The van der Waals surface area contributed by atoms with Crippen molar-refractivity contribution in [1.82, 2.24) is 4.72 Å². The normalized spacial score (nSPS) is 12.9. The predicted octanol–water partition coefficient (Wildman–Crippen LogP) is 3.32. The quantitative estimate of drug-likeness (QED) is 0.880. The summed E-state index contributed by atoms with van der Waals surface area (Å²) in [5.41, 5.74) is 2.32. The molecule has 0 heterocycles. The lowest BCUT2D eigenvalue weighted by molar-refractivity contribution is 0.405. The van der Waals surface area contributed by atoms with Gasteiger partial charge in [-0.05, 0) is 37.6 Å². The minimum absolute atomic E-state index is 0.203. The number of aryl methyl sites for hydroxylation is 1. The highest BCUT2D eigenvalue weighted by Gasteiger charge is 2.19. The summed E-state index contributed by atoms with van der Waals surface area (Å²) in [6.07, 6.45) is 0. The fourth-order valence-corrected chi connectivity index (χ4v) is 3.75. The van der Waals surface area contributed by atoms with Gasteiger partial charge in [0, 0.05) is 11.6 Å². The molecule has 23 heavy (non-hydrogen) atoms. The van der Waals surface area contributed by atoms with E-state index in [-0.39, 0.29) is 5.75 Å². The molecule has 2 aromatic rings. The monoisotopic (exact) mass is 337 g/mol. The van der Waals surface area contributed by atoms with Gasteiger partial charge in [0.05, 0.1) is 12.9 Å². The van der Waals surface area contributed by atoms with Crippen LogP contribution in [0.4, 0.5) is 4.39 Å². The lowest BCUT2D eigenvalue weighted by Crippen LogP contribution is -2.28. The number of hydrogen-bond acceptors (Lipinski definition) is 3. The van der Waals surface area contributed by atoms with Crippen molar-refractivity contribution < 1.29 is 17.5 Å². The lowest BCUT2D eigenvalue weighted by atomic mass is 10.1. The fraction of sp³-hybridized carbons (Fsp3) is 0.294. The standard InChI is InChI=1S/C17H20FNO3S/c1-12-4-9-17(22-3)16(10-12)13(2)19-23(20,21)11-14-5-7-15(18)8-6-14/h4-10,13,19H,11H2,1-3H3. The van der Waals surface area contributed by atoms with Gasteiger partial charge >= 0.3 is 0 Å². The number of benzene rings is 2. The number of rotatable bonds is 6. The fourth-order valence-electron chi connectivity index (χ4n) is 2.37. The second-order valence-corrected chi connectivity index (χ2v) is 7.22. The van der Waals surface area contributed by atoms with E-state index in [9.17, 15) is 12.8 Å². The van der Waals surface area contributed by atoms with Crippen LogP contribution in [0.1, 0.15) is 29.7 Å². The molecule has 0 fully saturated rings. The molecule has 1 atom stereocenters. The maximum atomic E-state index is 12.9. The molecule has 0 aromatic heterocycles. The SMILES string of the molecule is COc1ccc(C)cc1C(C)NS(=O)(=O)Cc1ccc(F)cc1. The van der Waals surface area contributed by atoms with Crippen LogP contribution >= 0.6 is 0 Å². The number of ether oxygens (including phenoxy) is 1. The highest BCUT2D eigenvalue weighted by molar-refractivity contribution is 7.88. The second kappa shape index (κ2) is 7.10. The van der Waals surface area contributed by atoms with E-state index in [1.807, 2.05) is 25.1 Å². The largest absolute Gasteiger partial charge is 0.496 e. The highest BCUT2D eigenvalue weighted by Crippen LogP contribution is 2.26. The molecule has 0 aliphatic heterocycles. The molecule has 0 aliphatic carbocycles. The summed E-state index contributed by atoms with van der Waals surface area (Å²) in [4.78, 5) is 0. The van der Waals surface area contributed by atoms with Crippen molar-refractivity contribution in [2.24, 2.45) is 0 Å². The summed E-state index contributed by atoms with van der Waals surface area (Å²) in [6, 6.07) is 10.6. The van der Waals surface area contributed by atoms with Crippen LogP contribution in [0.2, 0.25) is 0 Å². The Morgan fingerprint density at radius 2 is 1.83 bits per heavy atom. The minimum Gasteiger partial charge on any atom is -0.496 e. The summed E-state index contributed by atoms with van der Waals surface area (Å²) in [7, 11) is -2.01. The summed E-state index contributed by atoms with van der Waals surface area (Å²) < 4.78 is 45.4. The van der Waals surface area contributed by atoms with Crippen molar-refractivity contribution in [3.8, 4) is 5.75 Å². The molecule has 0 amide bonds. The Bertz CT molecular complexity index is 773. The van der Waals surface area contributed by atoms with E-state index in [4.69, 9.17) is 4.74 Å². The molecule has 0 bridgehead atoms. The van der Waals surface area contributed by atoms with Crippen LogP contribution in [0.25, 0.3) is 0 Å². The zero-order chi connectivity index (χ0) is 17.0. The number of hydrogen-bond donors (Lipinski definition) is 1. The van der Waals surface area contributed by atoms with Gasteiger partial charge in [0.1, 0.15) is 11.6 Å². The molecule has 0 saturated carbocycles. The van der Waals surface area contributed by atoms with Crippen molar-refractivity contribution >= 4 is 10.0 Å². The van der Waals surface area contributed by atoms with Crippen LogP contribution in [0.15, 0.2) is 42.5 Å². The lowest BCUT2D eigenvalue weighted by Gasteiger charge is -2.18. The van der Waals surface area contributed by atoms with Crippen molar-refractivity contribution in [3.05, 3.63) is 65.0 Å². The Morgan fingerprint density at radius 1 is 1.17 bits per heavy atom. The van der Waals surface area contributed by atoms with Gasteiger partial charge in [-0.3, -0.25) is 0 Å². The number of sulfonamides is 1. The first-order valence-electron chi connectivity index (χ1n) is 7.20. The molecule has 4 nitrogen and oxygen atoms in total. The van der Waals surface area contributed by atoms with Gasteiger partial charge in [-0.25, -0.2) is 17.5 Å². The van der Waals surface area contributed by atoms with Crippen LogP contribution in [-0.4, -0.2) is 15.5 Å². The van der Waals surface area contributed by atoms with E-state index in [0.717, 1.165) is 11.1 Å². The summed E-state index contributed by atoms with van der Waals surface area (Å²) in [6.45, 7) is 3.70. The van der Waals surface area contributed by atoms with E-state index in [0.29, 0.717) is 11.3 Å². The van der Waals surface area contributed by atoms with Crippen molar-refractivity contribution in [2.45, 2.75) is 25.6 Å². The van der Waals surface area contributed by atoms with Gasteiger partial charge in [0.2, 0.25) is 10.0 Å². The Morgan fingerprint density at radius 3 is 2.43 bits per heavy atom. The zero-order valence-corrected chi connectivity index (χ0v) is 14.2. The maximum absolute atomic E-state index is 12.9. The third-order valence-electron chi connectivity index (χ3n) is 3.48. The summed E-state index contributed by atoms with van der Waals surface area (Å²) in [5.74, 6) is 0.0377. The molecule has 2 rings (SSSR count). The number of nitrogens with one attached hydrogen (secondary N) is 1. The van der Waals surface area contributed by atoms with E-state index in [1.165, 1.54) is 24.3 Å². The van der Waals surface area contributed by atoms with Gasteiger partial charge in [0.25, 0.3) is 0 Å². The molecule has 1 N–H and O–H groups in total. The van der Waals surface area contributed by atoms with Crippen molar-refractivity contribution in [2.75, 3.05) is 7.11 Å². The average Bonchev–Trinajstić information content (AvgIpc) is 2.49. The Balaban J connectivity index is 2.16. The van der Waals surface area contributed by atoms with Gasteiger partial charge in [-0.1, -0.05) is 29.8 Å². The summed E-state index contributed by atoms with van der Waals surface area (Å²) in [5, 5.41) is 0. The number of methoxy groups -OCH3 is 1. The highest BCUT2D eigenvalue weighted by atomic mass is 32.2. The van der Waals surface area contributed by atoms with Crippen LogP contribution in [-0.2, 0) is 15.8 Å². The van der Waals surface area contributed by atoms with Crippen LogP contribution in [0.3, 0.4) is 0 Å². The van der Waals surface area contributed by atoms with Crippen LogP contribution in [0, 0.1) is 12.7 Å². The van der Waals surface area contributed by atoms with Crippen LogP contribution in [0.5, 0.6) is 5.75 Å². The number of halogens is 1. The maximum Gasteiger partial charge on any atom is 0.216 e. The first-order valence-corrected chi connectivity index (χ1v) is 8.85. The molecule has 0 spiro atoms. The first-order chi connectivity index (χ1) is 10.8. The molecule has 124 valence electrons. The first kappa shape index (κ1) is 17.4. The van der Waals surface area contributed by atoms with E-state index >= 15 is 0 Å². The average molecular weight is 337 g/mol. The van der Waals surface area contributed by atoms with Crippen molar-refractivity contribution in [3.63, 3.8) is 0 Å². The van der Waals surface area contributed by atoms with E-state index < -0.39 is 21.9 Å². The Labute approximate surface area is 136 Å². The third-order valence-corrected chi connectivity index (χ3v) is 4.90. The van der Waals surface area contributed by atoms with Gasteiger partial charge in [0.15, 0.2) is 0 Å². The van der Waals surface area contributed by atoms with Gasteiger partial charge < -0.3 is 4.74 Å². The van der Waals surface area contributed by atoms with Gasteiger partial charge in [-0.2, -0.15) is 0 Å². The minimum atomic E-state index is -3.56. The van der Waals surface area contributed by atoms with Crippen LogP contribution < -0.4 is 9.46 Å². The molecule has 0 saturated heterocycles. The molecule has 6 heteroatoms. The molecular weight excluding hydrogens is 317 g/mol. The molecular formula is C17H20FNO3S. The third kappa shape index (κ3) is 4.77. The van der Waals surface area contributed by atoms with E-state index in [2.05, 4.69) is 4.72 Å². The predicted molar refractivity (Wildman–Crippen MR) is 88.3 cm³/mol. The summed E-state index contributed by atoms with van der Waals surface area (Å²) >= 11 is 0.